The maximum Gasteiger partial charge on any atom is 0.0491 e. The molecule has 0 bridgehead atoms. The Morgan fingerprint density at radius 1 is 1.13 bits per heavy atom. The fourth-order valence-electron chi connectivity index (χ4n) is 2.58. The molecule has 1 unspecified atom stereocenters. The predicted octanol–water partition coefficient (Wildman–Crippen LogP) is 2.57. The maximum atomic E-state index is 5.99. The molecular weight excluding hydrogens is 184 g/mol. The van der Waals surface area contributed by atoms with Gasteiger partial charge in [-0.2, -0.15) is 0 Å². The first-order chi connectivity index (χ1) is 7.34. The zero-order valence-corrected chi connectivity index (χ0v) is 9.02. The lowest BCUT2D eigenvalue weighted by Crippen LogP contribution is -2.30. The molecule has 2 heteroatoms. The number of hydrogen-bond donors (Lipinski definition) is 1. The summed E-state index contributed by atoms with van der Waals surface area (Å²) in [5, 5.41) is 1.99. The standard InChI is InChI=1S/C13H18N2/c14-15-8-2-5-13(15)12-4-1-3-11(9-12)10-6-7-10/h1,3-4,9-10,13H,2,5-8,14H2. The summed E-state index contributed by atoms with van der Waals surface area (Å²) in [4.78, 5) is 0. The van der Waals surface area contributed by atoms with E-state index < -0.39 is 0 Å². The van der Waals surface area contributed by atoms with Gasteiger partial charge in [-0.3, -0.25) is 5.84 Å². The van der Waals surface area contributed by atoms with Crippen LogP contribution in [0.2, 0.25) is 0 Å². The van der Waals surface area contributed by atoms with Crippen molar-refractivity contribution in [3.8, 4) is 0 Å². The van der Waals surface area contributed by atoms with Gasteiger partial charge in [0.05, 0.1) is 0 Å². The third-order valence-electron chi connectivity index (χ3n) is 3.64. The van der Waals surface area contributed by atoms with Crippen molar-refractivity contribution < 1.29 is 0 Å². The van der Waals surface area contributed by atoms with E-state index in [-0.39, 0.29) is 0 Å². The van der Waals surface area contributed by atoms with Crippen molar-refractivity contribution in [3.63, 3.8) is 0 Å². The van der Waals surface area contributed by atoms with Gasteiger partial charge in [0.15, 0.2) is 0 Å². The summed E-state index contributed by atoms with van der Waals surface area (Å²) in [6.45, 7) is 1.04. The van der Waals surface area contributed by atoms with Gasteiger partial charge >= 0.3 is 0 Å². The smallest absolute Gasteiger partial charge is 0.0491 e. The molecule has 1 aromatic carbocycles. The largest absolute Gasteiger partial charge is 0.268 e. The Bertz CT molecular complexity index is 357. The van der Waals surface area contributed by atoms with Crippen LogP contribution in [0, 0.1) is 0 Å². The van der Waals surface area contributed by atoms with Crippen LogP contribution in [0.3, 0.4) is 0 Å². The molecule has 1 atom stereocenters. The predicted molar refractivity (Wildman–Crippen MR) is 61.3 cm³/mol. The van der Waals surface area contributed by atoms with Crippen LogP contribution in [0.4, 0.5) is 0 Å². The van der Waals surface area contributed by atoms with E-state index in [1.807, 2.05) is 5.01 Å². The molecule has 0 spiro atoms. The van der Waals surface area contributed by atoms with Crippen LogP contribution in [-0.2, 0) is 0 Å². The SMILES string of the molecule is NN1CCCC1c1cccc(C2CC2)c1. The van der Waals surface area contributed by atoms with E-state index in [4.69, 9.17) is 5.84 Å². The van der Waals surface area contributed by atoms with E-state index in [9.17, 15) is 0 Å². The molecule has 3 rings (SSSR count). The average molecular weight is 202 g/mol. The molecule has 1 aromatic rings. The van der Waals surface area contributed by atoms with Crippen LogP contribution in [0.1, 0.15) is 48.8 Å². The molecule has 0 radical (unpaired) electrons. The van der Waals surface area contributed by atoms with Gasteiger partial charge in [-0.1, -0.05) is 24.3 Å². The van der Waals surface area contributed by atoms with Crippen molar-refractivity contribution in [3.05, 3.63) is 35.4 Å². The van der Waals surface area contributed by atoms with E-state index in [0.29, 0.717) is 6.04 Å². The van der Waals surface area contributed by atoms with E-state index >= 15 is 0 Å². The number of nitrogens with two attached hydrogens (primary N) is 1. The Kier molecular flexibility index (Phi) is 2.26. The summed E-state index contributed by atoms with van der Waals surface area (Å²) < 4.78 is 0. The van der Waals surface area contributed by atoms with Crippen molar-refractivity contribution in [1.82, 2.24) is 5.01 Å². The van der Waals surface area contributed by atoms with Crippen molar-refractivity contribution in [2.45, 2.75) is 37.6 Å². The van der Waals surface area contributed by atoms with Crippen LogP contribution < -0.4 is 5.84 Å². The average Bonchev–Trinajstić information content (AvgIpc) is 3.02. The Morgan fingerprint density at radius 3 is 2.60 bits per heavy atom. The van der Waals surface area contributed by atoms with Crippen molar-refractivity contribution in [1.29, 1.82) is 0 Å². The van der Waals surface area contributed by atoms with Crippen molar-refractivity contribution >= 4 is 0 Å². The first kappa shape index (κ1) is 9.37. The van der Waals surface area contributed by atoms with E-state index in [2.05, 4.69) is 24.3 Å². The summed E-state index contributed by atoms with van der Waals surface area (Å²) >= 11 is 0. The minimum absolute atomic E-state index is 0.462. The molecular formula is C13H18N2. The minimum Gasteiger partial charge on any atom is -0.268 e. The fourth-order valence-corrected chi connectivity index (χ4v) is 2.58. The zero-order valence-electron chi connectivity index (χ0n) is 9.02. The lowest BCUT2D eigenvalue weighted by molar-refractivity contribution is 0.266. The van der Waals surface area contributed by atoms with Gasteiger partial charge < -0.3 is 0 Å². The van der Waals surface area contributed by atoms with Crippen LogP contribution in [0.15, 0.2) is 24.3 Å². The van der Waals surface area contributed by atoms with Gasteiger partial charge in [0.2, 0.25) is 0 Å². The summed E-state index contributed by atoms with van der Waals surface area (Å²) in [5.74, 6) is 6.83. The van der Waals surface area contributed by atoms with Crippen molar-refractivity contribution in [2.75, 3.05) is 6.54 Å². The highest BCUT2D eigenvalue weighted by molar-refractivity contribution is 5.31. The second kappa shape index (κ2) is 3.62. The third-order valence-corrected chi connectivity index (χ3v) is 3.64. The topological polar surface area (TPSA) is 29.3 Å². The molecule has 2 N–H and O–H groups in total. The number of hydrazine groups is 1. The molecule has 1 saturated heterocycles. The molecule has 80 valence electrons. The zero-order chi connectivity index (χ0) is 10.3. The molecule has 1 heterocycles. The molecule has 15 heavy (non-hydrogen) atoms. The highest BCUT2D eigenvalue weighted by Crippen LogP contribution is 2.41. The summed E-state index contributed by atoms with van der Waals surface area (Å²) in [5.41, 5.74) is 2.94. The van der Waals surface area contributed by atoms with Crippen LogP contribution in [0.5, 0.6) is 0 Å². The summed E-state index contributed by atoms with van der Waals surface area (Å²) in [6.07, 6.45) is 5.19. The lowest BCUT2D eigenvalue weighted by Gasteiger charge is -2.19. The number of hydrogen-bond acceptors (Lipinski definition) is 2. The second-order valence-electron chi connectivity index (χ2n) is 4.84. The van der Waals surface area contributed by atoms with Gasteiger partial charge in [0.1, 0.15) is 0 Å². The Morgan fingerprint density at radius 2 is 1.93 bits per heavy atom. The highest BCUT2D eigenvalue weighted by atomic mass is 15.4. The van der Waals surface area contributed by atoms with Crippen LogP contribution >= 0.6 is 0 Å². The Hall–Kier alpha value is -0.860. The van der Waals surface area contributed by atoms with Gasteiger partial charge in [-0.05, 0) is 42.7 Å². The highest BCUT2D eigenvalue weighted by Gasteiger charge is 2.26. The molecule has 1 aliphatic carbocycles. The van der Waals surface area contributed by atoms with Gasteiger partial charge in [0.25, 0.3) is 0 Å². The molecule has 2 aliphatic rings. The molecule has 1 aliphatic heterocycles. The normalized spacial score (nSPS) is 27.1. The molecule has 0 aromatic heterocycles. The fraction of sp³-hybridized carbons (Fsp3) is 0.538. The Labute approximate surface area is 91.0 Å². The minimum atomic E-state index is 0.462. The van der Waals surface area contributed by atoms with E-state index in [1.165, 1.54) is 36.8 Å². The summed E-state index contributed by atoms with van der Waals surface area (Å²) in [7, 11) is 0. The summed E-state index contributed by atoms with van der Waals surface area (Å²) in [6, 6.07) is 9.50. The van der Waals surface area contributed by atoms with Crippen LogP contribution in [0.25, 0.3) is 0 Å². The van der Waals surface area contributed by atoms with Crippen LogP contribution in [-0.4, -0.2) is 11.6 Å². The van der Waals surface area contributed by atoms with Gasteiger partial charge in [-0.25, -0.2) is 5.01 Å². The quantitative estimate of drug-likeness (QED) is 0.747. The molecule has 0 amide bonds. The van der Waals surface area contributed by atoms with Gasteiger partial charge in [0, 0.05) is 12.6 Å². The first-order valence-electron chi connectivity index (χ1n) is 5.96. The van der Waals surface area contributed by atoms with Gasteiger partial charge in [-0.15, -0.1) is 0 Å². The maximum absolute atomic E-state index is 5.99. The van der Waals surface area contributed by atoms with Crippen molar-refractivity contribution in [2.24, 2.45) is 5.84 Å². The number of nitrogens with zero attached hydrogens (tertiary/aromatic N) is 1. The third kappa shape index (κ3) is 1.80. The number of rotatable bonds is 2. The van der Waals surface area contributed by atoms with E-state index in [1.54, 1.807) is 0 Å². The van der Waals surface area contributed by atoms with E-state index in [0.717, 1.165) is 12.5 Å². The molecule has 2 fully saturated rings. The Balaban J connectivity index is 1.87. The monoisotopic (exact) mass is 202 g/mol. The molecule has 1 saturated carbocycles. The first-order valence-corrected chi connectivity index (χ1v) is 5.96. The lowest BCUT2D eigenvalue weighted by atomic mass is 10.0. The second-order valence-corrected chi connectivity index (χ2v) is 4.84. The number of benzene rings is 1. The molecule has 2 nitrogen and oxygen atoms in total.